The molecule has 1 aromatic rings. The second-order valence-electron chi connectivity index (χ2n) is 4.35. The SMILES string of the molecule is NS(=O)(=O)CCOc1ccc2c(c1)CCCC2. The summed E-state index contributed by atoms with van der Waals surface area (Å²) in [7, 11) is -3.44. The number of rotatable bonds is 4. The van der Waals surface area contributed by atoms with E-state index in [1.807, 2.05) is 12.1 Å². The molecule has 1 aromatic carbocycles. The fourth-order valence-corrected chi connectivity index (χ4v) is 2.39. The van der Waals surface area contributed by atoms with Crippen LogP contribution in [0.2, 0.25) is 0 Å². The molecule has 0 aromatic heterocycles. The Morgan fingerprint density at radius 3 is 2.59 bits per heavy atom. The van der Waals surface area contributed by atoms with Crippen LogP contribution in [0.25, 0.3) is 0 Å². The number of aryl methyl sites for hydroxylation is 2. The molecule has 0 saturated heterocycles. The van der Waals surface area contributed by atoms with E-state index in [0.717, 1.165) is 18.6 Å². The fraction of sp³-hybridized carbons (Fsp3) is 0.500. The number of hydrogen-bond donors (Lipinski definition) is 1. The van der Waals surface area contributed by atoms with Gasteiger partial charge in [0.2, 0.25) is 10.0 Å². The lowest BCUT2D eigenvalue weighted by molar-refractivity contribution is 0.340. The van der Waals surface area contributed by atoms with Crippen LogP contribution in [0.15, 0.2) is 18.2 Å². The van der Waals surface area contributed by atoms with Crippen LogP contribution < -0.4 is 9.88 Å². The Hall–Kier alpha value is -1.07. The third kappa shape index (κ3) is 3.71. The molecular weight excluding hydrogens is 238 g/mol. The Balaban J connectivity index is 1.98. The summed E-state index contributed by atoms with van der Waals surface area (Å²) in [5, 5.41) is 4.90. The maximum absolute atomic E-state index is 10.8. The Kier molecular flexibility index (Phi) is 3.69. The minimum Gasteiger partial charge on any atom is -0.492 e. The molecule has 0 amide bonds. The van der Waals surface area contributed by atoms with Crippen LogP contribution in [0, 0.1) is 0 Å². The summed E-state index contributed by atoms with van der Waals surface area (Å²) >= 11 is 0. The Morgan fingerprint density at radius 2 is 1.88 bits per heavy atom. The van der Waals surface area contributed by atoms with Gasteiger partial charge in [-0.15, -0.1) is 0 Å². The van der Waals surface area contributed by atoms with Gasteiger partial charge in [0.05, 0.1) is 5.75 Å². The van der Waals surface area contributed by atoms with Crippen LogP contribution in [0.5, 0.6) is 5.75 Å². The lowest BCUT2D eigenvalue weighted by Crippen LogP contribution is -2.21. The number of fused-ring (bicyclic) bond motifs is 1. The standard InChI is InChI=1S/C12H17NO3S/c13-17(14,15)8-7-16-12-6-5-10-3-1-2-4-11(10)9-12/h5-6,9H,1-4,7-8H2,(H2,13,14,15). The molecule has 0 bridgehead atoms. The second-order valence-corrected chi connectivity index (χ2v) is 6.09. The molecule has 17 heavy (non-hydrogen) atoms. The molecular formula is C12H17NO3S. The molecule has 0 aliphatic heterocycles. The zero-order valence-corrected chi connectivity index (χ0v) is 10.5. The highest BCUT2D eigenvalue weighted by Crippen LogP contribution is 2.25. The summed E-state index contributed by atoms with van der Waals surface area (Å²) in [6.45, 7) is 0.109. The zero-order valence-electron chi connectivity index (χ0n) is 9.69. The number of benzene rings is 1. The highest BCUT2D eigenvalue weighted by Gasteiger charge is 2.10. The molecule has 0 fully saturated rings. The van der Waals surface area contributed by atoms with Gasteiger partial charge < -0.3 is 4.74 Å². The third-order valence-corrected chi connectivity index (χ3v) is 3.69. The van der Waals surface area contributed by atoms with Crippen molar-refractivity contribution in [3.05, 3.63) is 29.3 Å². The third-order valence-electron chi connectivity index (χ3n) is 2.96. The van der Waals surface area contributed by atoms with Crippen molar-refractivity contribution in [2.45, 2.75) is 25.7 Å². The minimum atomic E-state index is -3.44. The molecule has 1 aliphatic carbocycles. The summed E-state index contributed by atoms with van der Waals surface area (Å²) < 4.78 is 26.9. The zero-order chi connectivity index (χ0) is 12.3. The number of hydrogen-bond acceptors (Lipinski definition) is 3. The summed E-state index contributed by atoms with van der Waals surface area (Å²) in [4.78, 5) is 0. The van der Waals surface area contributed by atoms with Gasteiger partial charge in [0, 0.05) is 0 Å². The molecule has 2 N–H and O–H groups in total. The normalized spacial score (nSPS) is 15.4. The first-order valence-corrected chi connectivity index (χ1v) is 7.51. The van der Waals surface area contributed by atoms with Gasteiger partial charge in [-0.1, -0.05) is 6.07 Å². The average Bonchev–Trinajstić information content (AvgIpc) is 2.27. The first-order valence-electron chi connectivity index (χ1n) is 5.80. The molecule has 0 radical (unpaired) electrons. The first kappa shape index (κ1) is 12.4. The van der Waals surface area contributed by atoms with E-state index in [4.69, 9.17) is 9.88 Å². The van der Waals surface area contributed by atoms with Gasteiger partial charge in [-0.2, -0.15) is 0 Å². The molecule has 5 heteroatoms. The van der Waals surface area contributed by atoms with Crippen molar-refractivity contribution in [3.63, 3.8) is 0 Å². The van der Waals surface area contributed by atoms with Gasteiger partial charge in [-0.05, 0) is 48.9 Å². The lowest BCUT2D eigenvalue weighted by atomic mass is 9.92. The number of ether oxygens (including phenoxy) is 1. The van der Waals surface area contributed by atoms with Gasteiger partial charge in [-0.3, -0.25) is 0 Å². The monoisotopic (exact) mass is 255 g/mol. The summed E-state index contributed by atoms with van der Waals surface area (Å²) in [6, 6.07) is 5.98. The van der Waals surface area contributed by atoms with Crippen molar-refractivity contribution in [1.29, 1.82) is 0 Å². The molecule has 0 atom stereocenters. The van der Waals surface area contributed by atoms with Crippen molar-refractivity contribution in [2.75, 3.05) is 12.4 Å². The van der Waals surface area contributed by atoms with Crippen LogP contribution in [-0.4, -0.2) is 20.8 Å². The van der Waals surface area contributed by atoms with E-state index in [1.54, 1.807) is 0 Å². The van der Waals surface area contributed by atoms with Gasteiger partial charge in [0.25, 0.3) is 0 Å². The topological polar surface area (TPSA) is 69.4 Å². The van der Waals surface area contributed by atoms with Crippen molar-refractivity contribution >= 4 is 10.0 Å². The maximum Gasteiger partial charge on any atom is 0.212 e. The van der Waals surface area contributed by atoms with E-state index >= 15 is 0 Å². The predicted molar refractivity (Wildman–Crippen MR) is 66.6 cm³/mol. The van der Waals surface area contributed by atoms with E-state index in [1.165, 1.54) is 24.0 Å². The number of sulfonamides is 1. The molecule has 94 valence electrons. The van der Waals surface area contributed by atoms with Crippen LogP contribution in [0.4, 0.5) is 0 Å². The Labute approximate surface area is 102 Å². The van der Waals surface area contributed by atoms with Crippen molar-refractivity contribution in [1.82, 2.24) is 0 Å². The Bertz CT molecular complexity index is 496. The molecule has 1 aliphatic rings. The molecule has 0 saturated carbocycles. The number of nitrogens with two attached hydrogens (primary N) is 1. The molecule has 0 spiro atoms. The second kappa shape index (κ2) is 5.06. The van der Waals surface area contributed by atoms with E-state index in [9.17, 15) is 8.42 Å². The minimum absolute atomic E-state index is 0.109. The van der Waals surface area contributed by atoms with Gasteiger partial charge in [-0.25, -0.2) is 13.6 Å². The highest BCUT2D eigenvalue weighted by molar-refractivity contribution is 7.89. The van der Waals surface area contributed by atoms with E-state index in [2.05, 4.69) is 6.07 Å². The first-order chi connectivity index (χ1) is 8.04. The van der Waals surface area contributed by atoms with Gasteiger partial charge >= 0.3 is 0 Å². The van der Waals surface area contributed by atoms with Crippen LogP contribution in [-0.2, 0) is 22.9 Å². The molecule has 2 rings (SSSR count). The summed E-state index contributed by atoms with van der Waals surface area (Å²) in [6.07, 6.45) is 4.68. The van der Waals surface area contributed by atoms with Crippen molar-refractivity contribution in [2.24, 2.45) is 5.14 Å². The fourth-order valence-electron chi connectivity index (χ4n) is 2.08. The molecule has 4 nitrogen and oxygen atoms in total. The quantitative estimate of drug-likeness (QED) is 0.879. The lowest BCUT2D eigenvalue weighted by Gasteiger charge is -2.16. The van der Waals surface area contributed by atoms with Crippen LogP contribution in [0.3, 0.4) is 0 Å². The maximum atomic E-state index is 10.8. The van der Waals surface area contributed by atoms with Crippen LogP contribution in [0.1, 0.15) is 24.0 Å². The van der Waals surface area contributed by atoms with E-state index in [0.29, 0.717) is 0 Å². The largest absolute Gasteiger partial charge is 0.492 e. The van der Waals surface area contributed by atoms with Crippen molar-refractivity contribution < 1.29 is 13.2 Å². The Morgan fingerprint density at radius 1 is 1.18 bits per heavy atom. The summed E-state index contributed by atoms with van der Waals surface area (Å²) in [5.41, 5.74) is 2.71. The predicted octanol–water partition coefficient (Wildman–Crippen LogP) is 1.23. The highest BCUT2D eigenvalue weighted by atomic mass is 32.2. The molecule has 0 heterocycles. The van der Waals surface area contributed by atoms with Crippen molar-refractivity contribution in [3.8, 4) is 5.75 Å². The summed E-state index contributed by atoms with van der Waals surface area (Å²) in [5.74, 6) is 0.582. The van der Waals surface area contributed by atoms with Gasteiger partial charge in [0.15, 0.2) is 0 Å². The number of primary sulfonamides is 1. The van der Waals surface area contributed by atoms with Gasteiger partial charge in [0.1, 0.15) is 12.4 Å². The van der Waals surface area contributed by atoms with E-state index < -0.39 is 10.0 Å². The van der Waals surface area contributed by atoms with E-state index in [-0.39, 0.29) is 12.4 Å². The van der Waals surface area contributed by atoms with Crippen LogP contribution >= 0.6 is 0 Å². The average molecular weight is 255 g/mol. The molecule has 0 unspecified atom stereocenters. The smallest absolute Gasteiger partial charge is 0.212 e.